The molecule has 0 unspecified atom stereocenters. The molecule has 0 amide bonds. The second-order valence-electron chi connectivity index (χ2n) is 3.58. The van der Waals surface area contributed by atoms with E-state index in [0.717, 1.165) is 32.4 Å². The molecule has 0 atom stereocenters. The average molecular weight is 205 g/mol. The number of methoxy groups -OCH3 is 1. The van der Waals surface area contributed by atoms with Gasteiger partial charge in [-0.15, -0.1) is 0 Å². The molecule has 0 saturated heterocycles. The first-order chi connectivity index (χ1) is 6.74. The number of aliphatic hydroxyl groups excluding tert-OH is 2. The van der Waals surface area contributed by atoms with Crippen molar-refractivity contribution >= 4 is 0 Å². The third-order valence-electron chi connectivity index (χ3n) is 2.56. The summed E-state index contributed by atoms with van der Waals surface area (Å²) in [5, 5.41) is 21.4. The minimum Gasteiger partial charge on any atom is -0.394 e. The summed E-state index contributed by atoms with van der Waals surface area (Å²) in [6.45, 7) is 3.47. The third kappa shape index (κ3) is 4.91. The van der Waals surface area contributed by atoms with Gasteiger partial charge in [-0.25, -0.2) is 0 Å². The Kier molecular flexibility index (Phi) is 8.08. The lowest BCUT2D eigenvalue weighted by atomic mass is 9.98. The lowest BCUT2D eigenvalue weighted by Crippen LogP contribution is -2.51. The van der Waals surface area contributed by atoms with Gasteiger partial charge in [0.1, 0.15) is 0 Å². The molecule has 4 heteroatoms. The molecule has 0 spiro atoms. The maximum Gasteiger partial charge on any atom is 0.0645 e. The van der Waals surface area contributed by atoms with Crippen LogP contribution >= 0.6 is 0 Å². The van der Waals surface area contributed by atoms with E-state index in [1.54, 1.807) is 7.11 Å². The van der Waals surface area contributed by atoms with Crippen molar-refractivity contribution in [2.24, 2.45) is 0 Å². The molecule has 0 radical (unpaired) electrons. The SMILES string of the molecule is CCC(CO)(CO)NCCCCOC. The Hall–Kier alpha value is -0.160. The minimum atomic E-state index is -0.507. The van der Waals surface area contributed by atoms with E-state index in [9.17, 15) is 0 Å². The van der Waals surface area contributed by atoms with Gasteiger partial charge in [0.25, 0.3) is 0 Å². The predicted molar refractivity (Wildman–Crippen MR) is 56.3 cm³/mol. The monoisotopic (exact) mass is 205 g/mol. The Bertz CT molecular complexity index is 118. The molecule has 0 aromatic carbocycles. The Balaban J connectivity index is 3.61. The summed E-state index contributed by atoms with van der Waals surface area (Å²) in [5.74, 6) is 0. The van der Waals surface area contributed by atoms with E-state index in [1.165, 1.54) is 0 Å². The van der Waals surface area contributed by atoms with Crippen molar-refractivity contribution in [3.05, 3.63) is 0 Å². The summed E-state index contributed by atoms with van der Waals surface area (Å²) in [4.78, 5) is 0. The maximum absolute atomic E-state index is 9.13. The number of aliphatic hydroxyl groups is 2. The average Bonchev–Trinajstić information content (AvgIpc) is 2.24. The largest absolute Gasteiger partial charge is 0.394 e. The molecular formula is C10H23NO3. The summed E-state index contributed by atoms with van der Waals surface area (Å²) in [6, 6.07) is 0. The van der Waals surface area contributed by atoms with Gasteiger partial charge in [0.05, 0.1) is 18.8 Å². The van der Waals surface area contributed by atoms with Gasteiger partial charge in [0.15, 0.2) is 0 Å². The molecule has 0 aliphatic heterocycles. The van der Waals surface area contributed by atoms with Crippen LogP contribution in [0, 0.1) is 0 Å². The van der Waals surface area contributed by atoms with Crippen LogP contribution in [0.5, 0.6) is 0 Å². The normalized spacial score (nSPS) is 12.0. The van der Waals surface area contributed by atoms with Crippen LogP contribution in [0.25, 0.3) is 0 Å². The fraction of sp³-hybridized carbons (Fsp3) is 1.00. The zero-order valence-corrected chi connectivity index (χ0v) is 9.25. The van der Waals surface area contributed by atoms with Gasteiger partial charge in [0, 0.05) is 13.7 Å². The molecule has 14 heavy (non-hydrogen) atoms. The Morgan fingerprint density at radius 1 is 1.21 bits per heavy atom. The summed E-state index contributed by atoms with van der Waals surface area (Å²) >= 11 is 0. The maximum atomic E-state index is 9.13. The molecule has 86 valence electrons. The number of rotatable bonds is 9. The molecule has 0 aromatic heterocycles. The van der Waals surface area contributed by atoms with Gasteiger partial charge in [-0.1, -0.05) is 6.92 Å². The molecule has 0 heterocycles. The standard InChI is InChI=1S/C10H23NO3/c1-3-10(8-12,9-13)11-6-4-5-7-14-2/h11-13H,3-9H2,1-2H3. The summed E-state index contributed by atoms with van der Waals surface area (Å²) in [7, 11) is 1.69. The molecule has 0 aliphatic carbocycles. The van der Waals surface area contributed by atoms with Crippen LogP contribution in [0.2, 0.25) is 0 Å². The van der Waals surface area contributed by atoms with Crippen LogP contribution < -0.4 is 5.32 Å². The fourth-order valence-corrected chi connectivity index (χ4v) is 1.24. The van der Waals surface area contributed by atoms with Crippen molar-refractivity contribution in [2.45, 2.75) is 31.7 Å². The molecule has 4 nitrogen and oxygen atoms in total. The van der Waals surface area contributed by atoms with Crippen molar-refractivity contribution < 1.29 is 14.9 Å². The number of ether oxygens (including phenoxy) is 1. The number of unbranched alkanes of at least 4 members (excludes halogenated alkanes) is 1. The quantitative estimate of drug-likeness (QED) is 0.468. The lowest BCUT2D eigenvalue weighted by molar-refractivity contribution is 0.0868. The lowest BCUT2D eigenvalue weighted by Gasteiger charge is -2.29. The highest BCUT2D eigenvalue weighted by molar-refractivity contribution is 4.84. The first-order valence-electron chi connectivity index (χ1n) is 5.20. The van der Waals surface area contributed by atoms with Crippen LogP contribution in [0.3, 0.4) is 0 Å². The first-order valence-corrected chi connectivity index (χ1v) is 5.20. The van der Waals surface area contributed by atoms with Gasteiger partial charge in [-0.2, -0.15) is 0 Å². The van der Waals surface area contributed by atoms with Gasteiger partial charge in [-0.3, -0.25) is 0 Å². The molecule has 0 bridgehead atoms. The predicted octanol–water partition coefficient (Wildman–Crippen LogP) is 0.136. The summed E-state index contributed by atoms with van der Waals surface area (Å²) in [5.41, 5.74) is -0.507. The molecule has 0 aliphatic rings. The van der Waals surface area contributed by atoms with E-state index < -0.39 is 5.54 Å². The zero-order chi connectivity index (χ0) is 10.9. The fourth-order valence-electron chi connectivity index (χ4n) is 1.24. The van der Waals surface area contributed by atoms with Crippen molar-refractivity contribution in [3.8, 4) is 0 Å². The zero-order valence-electron chi connectivity index (χ0n) is 9.25. The smallest absolute Gasteiger partial charge is 0.0645 e. The molecular weight excluding hydrogens is 182 g/mol. The molecule has 3 N–H and O–H groups in total. The van der Waals surface area contributed by atoms with E-state index in [-0.39, 0.29) is 13.2 Å². The van der Waals surface area contributed by atoms with Gasteiger partial charge < -0.3 is 20.3 Å². The highest BCUT2D eigenvalue weighted by Gasteiger charge is 2.24. The molecule has 0 saturated carbocycles. The summed E-state index contributed by atoms with van der Waals surface area (Å²) in [6.07, 6.45) is 2.72. The van der Waals surface area contributed by atoms with Crippen LogP contribution in [0.15, 0.2) is 0 Å². The van der Waals surface area contributed by atoms with Gasteiger partial charge in [-0.05, 0) is 25.8 Å². The molecule has 0 aromatic rings. The van der Waals surface area contributed by atoms with E-state index in [1.807, 2.05) is 6.92 Å². The molecule has 0 rings (SSSR count). The third-order valence-corrected chi connectivity index (χ3v) is 2.56. The number of hydrogen-bond donors (Lipinski definition) is 3. The second-order valence-corrected chi connectivity index (χ2v) is 3.58. The first kappa shape index (κ1) is 13.8. The van der Waals surface area contributed by atoms with Crippen molar-refractivity contribution in [1.29, 1.82) is 0 Å². The Labute approximate surface area is 86.3 Å². The van der Waals surface area contributed by atoms with Crippen LogP contribution in [0.1, 0.15) is 26.2 Å². The van der Waals surface area contributed by atoms with Crippen molar-refractivity contribution in [1.82, 2.24) is 5.32 Å². The van der Waals surface area contributed by atoms with Crippen LogP contribution in [-0.4, -0.2) is 49.2 Å². The summed E-state index contributed by atoms with van der Waals surface area (Å²) < 4.78 is 4.93. The van der Waals surface area contributed by atoms with Crippen molar-refractivity contribution in [2.75, 3.05) is 33.5 Å². The van der Waals surface area contributed by atoms with Crippen LogP contribution in [-0.2, 0) is 4.74 Å². The van der Waals surface area contributed by atoms with E-state index in [0.29, 0.717) is 0 Å². The Morgan fingerprint density at radius 3 is 2.29 bits per heavy atom. The van der Waals surface area contributed by atoms with E-state index in [4.69, 9.17) is 14.9 Å². The van der Waals surface area contributed by atoms with E-state index in [2.05, 4.69) is 5.32 Å². The van der Waals surface area contributed by atoms with Crippen LogP contribution in [0.4, 0.5) is 0 Å². The molecule has 0 fully saturated rings. The second kappa shape index (κ2) is 8.17. The Morgan fingerprint density at radius 2 is 1.86 bits per heavy atom. The highest BCUT2D eigenvalue weighted by Crippen LogP contribution is 2.08. The topological polar surface area (TPSA) is 61.7 Å². The van der Waals surface area contributed by atoms with Crippen molar-refractivity contribution in [3.63, 3.8) is 0 Å². The highest BCUT2D eigenvalue weighted by atomic mass is 16.5. The number of hydrogen-bond acceptors (Lipinski definition) is 4. The van der Waals surface area contributed by atoms with Gasteiger partial charge in [0.2, 0.25) is 0 Å². The van der Waals surface area contributed by atoms with Gasteiger partial charge >= 0.3 is 0 Å². The minimum absolute atomic E-state index is 0.0235. The number of nitrogens with one attached hydrogen (secondary N) is 1. The van der Waals surface area contributed by atoms with E-state index >= 15 is 0 Å².